The highest BCUT2D eigenvalue weighted by Crippen LogP contribution is 2.37. The molecule has 0 aromatic heterocycles. The molecule has 36 heavy (non-hydrogen) atoms. The van der Waals surface area contributed by atoms with E-state index >= 15 is 0 Å². The topological polar surface area (TPSA) is 78.0 Å². The summed E-state index contributed by atoms with van der Waals surface area (Å²) in [5.41, 5.74) is 5.47. The van der Waals surface area contributed by atoms with Gasteiger partial charge in [-0.05, 0) is 81.7 Å². The van der Waals surface area contributed by atoms with Crippen LogP contribution in [-0.4, -0.2) is 47.5 Å². The number of aryl methyl sites for hydroxylation is 1. The molecule has 4 aliphatic rings. The van der Waals surface area contributed by atoms with Gasteiger partial charge >= 0.3 is 0 Å². The molecule has 7 heteroatoms. The fourth-order valence-corrected chi connectivity index (χ4v) is 6.76. The largest absolute Gasteiger partial charge is 0.460 e. The maximum atomic E-state index is 12.7. The summed E-state index contributed by atoms with van der Waals surface area (Å²) in [6, 6.07) is 17.5. The Hall–Kier alpha value is -2.90. The van der Waals surface area contributed by atoms with Crippen LogP contribution in [-0.2, 0) is 22.6 Å². The van der Waals surface area contributed by atoms with Gasteiger partial charge in [0.1, 0.15) is 6.61 Å². The predicted molar refractivity (Wildman–Crippen MR) is 143 cm³/mol. The Morgan fingerprint density at radius 2 is 1.92 bits per heavy atom. The second-order valence-electron chi connectivity index (χ2n) is 11.0. The zero-order valence-corrected chi connectivity index (χ0v) is 21.3. The minimum atomic E-state index is 0.000392. The number of anilines is 2. The number of nitrogens with one attached hydrogen (secondary N) is 3. The highest BCUT2D eigenvalue weighted by Gasteiger charge is 2.41. The molecule has 3 unspecified atom stereocenters. The molecule has 2 bridgehead atoms. The molecule has 7 nitrogen and oxygen atoms in total. The van der Waals surface area contributed by atoms with Crippen molar-refractivity contribution in [1.82, 2.24) is 10.2 Å². The Kier molecular flexibility index (Phi) is 6.44. The summed E-state index contributed by atoms with van der Waals surface area (Å²) in [4.78, 5) is 20.2. The predicted octanol–water partition coefficient (Wildman–Crippen LogP) is 4.60. The number of aliphatic imine (C=N–C) groups is 1. The molecule has 2 aromatic rings. The van der Waals surface area contributed by atoms with Crippen molar-refractivity contribution in [2.45, 2.75) is 89.2 Å². The number of ether oxygens (including phenoxy) is 1. The van der Waals surface area contributed by atoms with Crippen molar-refractivity contribution in [3.63, 3.8) is 0 Å². The van der Waals surface area contributed by atoms with E-state index < -0.39 is 0 Å². The highest BCUT2D eigenvalue weighted by atomic mass is 16.5. The number of amides is 1. The van der Waals surface area contributed by atoms with Crippen LogP contribution in [0.3, 0.4) is 0 Å². The number of hydrogen-bond acceptors (Lipinski definition) is 5. The van der Waals surface area contributed by atoms with E-state index in [0.717, 1.165) is 42.6 Å². The van der Waals surface area contributed by atoms with Crippen LogP contribution in [0.15, 0.2) is 47.5 Å². The Morgan fingerprint density at radius 3 is 2.72 bits per heavy atom. The van der Waals surface area contributed by atoms with Crippen LogP contribution < -0.4 is 16.0 Å². The molecule has 1 aliphatic carbocycles. The molecule has 190 valence electrons. The average molecular weight is 488 g/mol. The summed E-state index contributed by atoms with van der Waals surface area (Å²) in [6.07, 6.45) is 6.93. The zero-order valence-electron chi connectivity index (χ0n) is 21.3. The highest BCUT2D eigenvalue weighted by molar-refractivity contribution is 5.95. The van der Waals surface area contributed by atoms with E-state index in [1.807, 2.05) is 18.2 Å². The van der Waals surface area contributed by atoms with Gasteiger partial charge in [0.2, 0.25) is 5.91 Å². The lowest BCUT2D eigenvalue weighted by atomic mass is 9.96. The van der Waals surface area contributed by atoms with E-state index in [-0.39, 0.29) is 11.9 Å². The quantitative estimate of drug-likeness (QED) is 0.555. The van der Waals surface area contributed by atoms with Crippen LogP contribution in [0.25, 0.3) is 0 Å². The molecule has 6 rings (SSSR count). The lowest BCUT2D eigenvalue weighted by Gasteiger charge is -2.41. The minimum Gasteiger partial charge on any atom is -0.460 e. The molecule has 0 spiro atoms. The van der Waals surface area contributed by atoms with Crippen molar-refractivity contribution in [2.24, 2.45) is 4.99 Å². The van der Waals surface area contributed by atoms with Gasteiger partial charge in [-0.3, -0.25) is 9.69 Å². The van der Waals surface area contributed by atoms with Gasteiger partial charge in [0.25, 0.3) is 6.02 Å². The number of piperidine rings is 1. The summed E-state index contributed by atoms with van der Waals surface area (Å²) in [5.74, 6) is 0.000392. The first kappa shape index (κ1) is 23.5. The molecule has 3 atom stereocenters. The number of amidine groups is 1. The van der Waals surface area contributed by atoms with Crippen LogP contribution >= 0.6 is 0 Å². The summed E-state index contributed by atoms with van der Waals surface area (Å²) < 4.78 is 5.93. The van der Waals surface area contributed by atoms with E-state index in [1.165, 1.54) is 24.0 Å². The second-order valence-corrected chi connectivity index (χ2v) is 11.0. The van der Waals surface area contributed by atoms with Gasteiger partial charge in [0.05, 0.1) is 12.6 Å². The molecule has 0 radical (unpaired) electrons. The fraction of sp³-hybridized carbons (Fsp3) is 0.517. The third-order valence-electron chi connectivity index (χ3n) is 8.31. The van der Waals surface area contributed by atoms with Crippen molar-refractivity contribution >= 4 is 23.3 Å². The Bertz CT molecular complexity index is 1150. The van der Waals surface area contributed by atoms with Crippen LogP contribution in [0.2, 0.25) is 0 Å². The SMILES string of the molecule is CC(C)N1C2CCC1CC(NCC(=O)Nc1ccc3c(c1)COC(=NC1CCc4ccccc41)N3)C2. The molecule has 2 aromatic carbocycles. The zero-order chi connectivity index (χ0) is 24.6. The minimum absolute atomic E-state index is 0.000392. The van der Waals surface area contributed by atoms with Crippen molar-refractivity contribution < 1.29 is 9.53 Å². The molecule has 1 amide bonds. The standard InChI is InChI=1S/C29H37N5O2/c1-18(2)34-23-9-10-24(34)15-22(14-23)30-16-28(35)31-21-8-12-26-20(13-21)17-36-29(32-26)33-27-11-7-19-5-3-4-6-25(19)27/h3-6,8,12-13,18,22-24,27,30H,7,9-11,14-17H2,1-2H3,(H,31,35)(H,32,33). The average Bonchev–Trinajstić information content (AvgIpc) is 3.41. The first-order valence-corrected chi connectivity index (χ1v) is 13.5. The van der Waals surface area contributed by atoms with Crippen LogP contribution in [0.1, 0.15) is 68.7 Å². The van der Waals surface area contributed by atoms with Gasteiger partial charge in [-0.2, -0.15) is 0 Å². The molecule has 0 saturated carbocycles. The molecular formula is C29H37N5O2. The Labute approximate surface area is 213 Å². The molecule has 2 saturated heterocycles. The van der Waals surface area contributed by atoms with Crippen LogP contribution in [0.4, 0.5) is 11.4 Å². The van der Waals surface area contributed by atoms with Crippen molar-refractivity contribution in [3.8, 4) is 0 Å². The van der Waals surface area contributed by atoms with Gasteiger partial charge in [-0.15, -0.1) is 0 Å². The number of benzene rings is 2. The van der Waals surface area contributed by atoms with Gasteiger partial charge in [-0.1, -0.05) is 24.3 Å². The van der Waals surface area contributed by atoms with E-state index in [1.54, 1.807) is 0 Å². The monoisotopic (exact) mass is 487 g/mol. The Morgan fingerprint density at radius 1 is 1.11 bits per heavy atom. The molecule has 3 N–H and O–H groups in total. The third kappa shape index (κ3) is 4.74. The van der Waals surface area contributed by atoms with Crippen molar-refractivity contribution in [2.75, 3.05) is 17.2 Å². The number of carbonyl (C=O) groups excluding carboxylic acids is 1. The lowest BCUT2D eigenvalue weighted by Crippen LogP contribution is -2.52. The summed E-state index contributed by atoms with van der Waals surface area (Å²) >= 11 is 0. The van der Waals surface area contributed by atoms with Gasteiger partial charge < -0.3 is 20.7 Å². The normalized spacial score (nSPS) is 27.9. The van der Waals surface area contributed by atoms with E-state index in [2.05, 4.69) is 59.0 Å². The first-order valence-electron chi connectivity index (χ1n) is 13.5. The van der Waals surface area contributed by atoms with Crippen molar-refractivity contribution in [1.29, 1.82) is 0 Å². The van der Waals surface area contributed by atoms with Crippen LogP contribution in [0, 0.1) is 0 Å². The summed E-state index contributed by atoms with van der Waals surface area (Å²) in [5, 5.41) is 9.90. The number of hydrogen-bond donors (Lipinski definition) is 3. The molecule has 3 heterocycles. The van der Waals surface area contributed by atoms with Gasteiger partial charge in [0.15, 0.2) is 0 Å². The number of rotatable bonds is 6. The first-order chi connectivity index (χ1) is 17.5. The van der Waals surface area contributed by atoms with E-state index in [9.17, 15) is 4.79 Å². The molecular weight excluding hydrogens is 450 g/mol. The van der Waals surface area contributed by atoms with Gasteiger partial charge in [-0.25, -0.2) is 4.99 Å². The molecule has 3 aliphatic heterocycles. The van der Waals surface area contributed by atoms with Crippen LogP contribution in [0.5, 0.6) is 0 Å². The van der Waals surface area contributed by atoms with E-state index in [0.29, 0.717) is 43.3 Å². The number of carbonyl (C=O) groups is 1. The maximum Gasteiger partial charge on any atom is 0.290 e. The third-order valence-corrected chi connectivity index (χ3v) is 8.31. The fourth-order valence-electron chi connectivity index (χ4n) is 6.76. The Balaban J connectivity index is 1.02. The smallest absolute Gasteiger partial charge is 0.290 e. The van der Waals surface area contributed by atoms with Crippen molar-refractivity contribution in [3.05, 3.63) is 59.2 Å². The number of nitrogens with zero attached hydrogens (tertiary/aromatic N) is 2. The maximum absolute atomic E-state index is 12.7. The summed E-state index contributed by atoms with van der Waals surface area (Å²) in [6.45, 7) is 5.38. The van der Waals surface area contributed by atoms with E-state index in [4.69, 9.17) is 9.73 Å². The molecule has 2 fully saturated rings. The lowest BCUT2D eigenvalue weighted by molar-refractivity contribution is -0.115. The summed E-state index contributed by atoms with van der Waals surface area (Å²) in [7, 11) is 0. The second kappa shape index (κ2) is 9.87. The number of fused-ring (bicyclic) bond motifs is 4. The van der Waals surface area contributed by atoms with Gasteiger partial charge in [0, 0.05) is 41.1 Å².